The van der Waals surface area contributed by atoms with Gasteiger partial charge in [-0.25, -0.2) is 9.78 Å². The number of nitrogens with zero attached hydrogens (tertiary/aromatic N) is 2. The van der Waals surface area contributed by atoms with Crippen molar-refractivity contribution in [3.63, 3.8) is 0 Å². The number of halogens is 1. The quantitative estimate of drug-likeness (QED) is 0.763. The van der Waals surface area contributed by atoms with Gasteiger partial charge < -0.3 is 5.11 Å². The normalized spacial score (nSPS) is 12.3. The molecule has 3 rings (SSSR count). The maximum absolute atomic E-state index is 12.7. The van der Waals surface area contributed by atoms with Crippen molar-refractivity contribution in [2.45, 2.75) is 13.0 Å². The summed E-state index contributed by atoms with van der Waals surface area (Å²) in [5, 5.41) is 9.62. The molecule has 0 saturated carbocycles. The van der Waals surface area contributed by atoms with E-state index in [1.165, 1.54) is 17.0 Å². The van der Waals surface area contributed by atoms with Gasteiger partial charge in [-0.2, -0.15) is 0 Å². The number of carbonyl (C=O) groups is 1. The van der Waals surface area contributed by atoms with Gasteiger partial charge in [0.2, 0.25) is 0 Å². The van der Waals surface area contributed by atoms with Crippen molar-refractivity contribution in [3.05, 3.63) is 74.7 Å². The first-order valence-corrected chi connectivity index (χ1v) is 7.76. The zero-order chi connectivity index (χ0) is 16.6. The van der Waals surface area contributed by atoms with Crippen molar-refractivity contribution < 1.29 is 9.90 Å². The summed E-state index contributed by atoms with van der Waals surface area (Å²) in [4.78, 5) is 28.1. The van der Waals surface area contributed by atoms with Crippen molar-refractivity contribution in [2.75, 3.05) is 0 Å². The van der Waals surface area contributed by atoms with E-state index in [-0.39, 0.29) is 17.2 Å². The number of hydrogen-bond donors (Lipinski definition) is 1. The van der Waals surface area contributed by atoms with Crippen LogP contribution in [0.4, 0.5) is 0 Å². The summed E-state index contributed by atoms with van der Waals surface area (Å²) < 4.78 is 2.37. The molecule has 23 heavy (non-hydrogen) atoms. The SMILES string of the molecule is C[C@H](c1cccc(C(=O)O)c1)n1cnc2cc(Br)ccc2c1=O. The van der Waals surface area contributed by atoms with Crippen LogP contribution in [-0.2, 0) is 0 Å². The molecule has 1 atom stereocenters. The second-order valence-corrected chi connectivity index (χ2v) is 6.14. The average molecular weight is 373 g/mol. The number of rotatable bonds is 3. The third-order valence-electron chi connectivity index (χ3n) is 3.78. The van der Waals surface area contributed by atoms with Crippen LogP contribution < -0.4 is 5.56 Å². The highest BCUT2D eigenvalue weighted by Gasteiger charge is 2.14. The Labute approximate surface area is 140 Å². The zero-order valence-electron chi connectivity index (χ0n) is 12.2. The standard InChI is InChI=1S/C17H13BrN2O3/c1-10(11-3-2-4-12(7-11)17(22)23)20-9-19-15-8-13(18)5-6-14(15)16(20)21/h2-10H,1H3,(H,22,23)/t10-/m1/s1. The maximum atomic E-state index is 12.7. The maximum Gasteiger partial charge on any atom is 0.335 e. The Bertz CT molecular complexity index is 965. The van der Waals surface area contributed by atoms with E-state index < -0.39 is 5.97 Å². The van der Waals surface area contributed by atoms with Gasteiger partial charge in [0.25, 0.3) is 5.56 Å². The Morgan fingerprint density at radius 2 is 2.04 bits per heavy atom. The summed E-state index contributed by atoms with van der Waals surface area (Å²) in [7, 11) is 0. The predicted molar refractivity (Wildman–Crippen MR) is 90.9 cm³/mol. The van der Waals surface area contributed by atoms with Gasteiger partial charge in [-0.15, -0.1) is 0 Å². The fourth-order valence-electron chi connectivity index (χ4n) is 2.48. The van der Waals surface area contributed by atoms with Gasteiger partial charge in [-0.1, -0.05) is 28.1 Å². The largest absolute Gasteiger partial charge is 0.478 e. The second-order valence-electron chi connectivity index (χ2n) is 5.23. The molecule has 0 aliphatic carbocycles. The van der Waals surface area contributed by atoms with Crippen LogP contribution in [0.1, 0.15) is 28.9 Å². The Morgan fingerprint density at radius 3 is 2.78 bits per heavy atom. The van der Waals surface area contributed by atoms with Gasteiger partial charge in [0.05, 0.1) is 28.8 Å². The zero-order valence-corrected chi connectivity index (χ0v) is 13.8. The van der Waals surface area contributed by atoms with Crippen molar-refractivity contribution in [3.8, 4) is 0 Å². The number of carboxylic acids is 1. The highest BCUT2D eigenvalue weighted by molar-refractivity contribution is 9.10. The molecular formula is C17H13BrN2O3. The van der Waals surface area contributed by atoms with Gasteiger partial charge in [-0.05, 0) is 42.8 Å². The van der Waals surface area contributed by atoms with Gasteiger partial charge in [0.15, 0.2) is 0 Å². The van der Waals surface area contributed by atoms with Gasteiger partial charge >= 0.3 is 5.97 Å². The molecule has 3 aromatic rings. The van der Waals surface area contributed by atoms with E-state index in [1.54, 1.807) is 36.4 Å². The first-order chi connectivity index (χ1) is 11.0. The summed E-state index contributed by atoms with van der Waals surface area (Å²) in [6.07, 6.45) is 1.50. The van der Waals surface area contributed by atoms with E-state index in [0.717, 1.165) is 10.0 Å². The van der Waals surface area contributed by atoms with Crippen LogP contribution in [0.5, 0.6) is 0 Å². The molecule has 5 nitrogen and oxygen atoms in total. The summed E-state index contributed by atoms with van der Waals surface area (Å²) in [5.41, 5.74) is 1.40. The Balaban J connectivity index is 2.11. The molecule has 0 saturated heterocycles. The summed E-state index contributed by atoms with van der Waals surface area (Å²) >= 11 is 3.36. The summed E-state index contributed by atoms with van der Waals surface area (Å²) in [5.74, 6) is -0.993. The Kier molecular flexibility index (Phi) is 4.00. The molecule has 0 amide bonds. The van der Waals surface area contributed by atoms with E-state index in [2.05, 4.69) is 20.9 Å². The fraction of sp³-hybridized carbons (Fsp3) is 0.118. The first kappa shape index (κ1) is 15.4. The number of fused-ring (bicyclic) bond motifs is 1. The first-order valence-electron chi connectivity index (χ1n) is 6.97. The second kappa shape index (κ2) is 5.96. The number of carboxylic acid groups (broad SMARTS) is 1. The number of benzene rings is 2. The van der Waals surface area contributed by atoms with E-state index >= 15 is 0 Å². The van der Waals surface area contributed by atoms with Crippen LogP contribution in [-0.4, -0.2) is 20.6 Å². The van der Waals surface area contributed by atoms with Crippen LogP contribution in [0.25, 0.3) is 10.9 Å². The lowest BCUT2D eigenvalue weighted by Crippen LogP contribution is -2.24. The molecule has 0 bridgehead atoms. The Hall–Kier alpha value is -2.47. The number of hydrogen-bond acceptors (Lipinski definition) is 3. The lowest BCUT2D eigenvalue weighted by molar-refractivity contribution is 0.0696. The molecule has 0 spiro atoms. The summed E-state index contributed by atoms with van der Waals surface area (Å²) in [6, 6.07) is 11.6. The number of aromatic nitrogens is 2. The molecule has 1 aromatic heterocycles. The highest BCUT2D eigenvalue weighted by Crippen LogP contribution is 2.20. The lowest BCUT2D eigenvalue weighted by Gasteiger charge is -2.16. The van der Waals surface area contributed by atoms with Gasteiger partial charge in [-0.3, -0.25) is 9.36 Å². The molecule has 0 aliphatic rings. The van der Waals surface area contributed by atoms with E-state index in [4.69, 9.17) is 5.11 Å². The monoisotopic (exact) mass is 372 g/mol. The minimum Gasteiger partial charge on any atom is -0.478 e. The molecule has 0 unspecified atom stereocenters. The van der Waals surface area contributed by atoms with Crippen molar-refractivity contribution in [1.82, 2.24) is 9.55 Å². The predicted octanol–water partition coefficient (Wildman–Crippen LogP) is 3.47. The van der Waals surface area contributed by atoms with Gasteiger partial charge in [0, 0.05) is 4.47 Å². The average Bonchev–Trinajstić information content (AvgIpc) is 2.54. The van der Waals surface area contributed by atoms with E-state index in [0.29, 0.717) is 10.9 Å². The molecule has 6 heteroatoms. The topological polar surface area (TPSA) is 72.2 Å². The summed E-state index contributed by atoms with van der Waals surface area (Å²) in [6.45, 7) is 1.84. The number of aromatic carboxylic acids is 1. The van der Waals surface area contributed by atoms with Crippen molar-refractivity contribution >= 4 is 32.8 Å². The van der Waals surface area contributed by atoms with E-state index in [1.807, 2.05) is 6.92 Å². The molecule has 1 heterocycles. The van der Waals surface area contributed by atoms with Crippen molar-refractivity contribution in [2.24, 2.45) is 0 Å². The van der Waals surface area contributed by atoms with Crippen LogP contribution in [0.2, 0.25) is 0 Å². The highest BCUT2D eigenvalue weighted by atomic mass is 79.9. The minimum atomic E-state index is -0.993. The smallest absolute Gasteiger partial charge is 0.335 e. The minimum absolute atomic E-state index is 0.157. The van der Waals surface area contributed by atoms with Crippen LogP contribution >= 0.6 is 15.9 Å². The third kappa shape index (κ3) is 2.90. The lowest BCUT2D eigenvalue weighted by atomic mass is 10.0. The van der Waals surface area contributed by atoms with Crippen LogP contribution in [0.3, 0.4) is 0 Å². The Morgan fingerprint density at radius 1 is 1.26 bits per heavy atom. The van der Waals surface area contributed by atoms with Crippen LogP contribution in [0, 0.1) is 0 Å². The van der Waals surface area contributed by atoms with Crippen molar-refractivity contribution in [1.29, 1.82) is 0 Å². The molecule has 116 valence electrons. The van der Waals surface area contributed by atoms with E-state index in [9.17, 15) is 9.59 Å². The third-order valence-corrected chi connectivity index (χ3v) is 4.27. The fourth-order valence-corrected chi connectivity index (χ4v) is 2.83. The molecule has 2 aromatic carbocycles. The molecule has 0 radical (unpaired) electrons. The van der Waals surface area contributed by atoms with Crippen LogP contribution in [0.15, 0.2) is 58.1 Å². The van der Waals surface area contributed by atoms with Gasteiger partial charge in [0.1, 0.15) is 0 Å². The molecule has 0 aliphatic heterocycles. The molecule has 1 N–H and O–H groups in total. The molecular weight excluding hydrogens is 360 g/mol. The molecule has 0 fully saturated rings.